The average molecular weight is 282 g/mol. The highest BCUT2D eigenvalue weighted by Gasteiger charge is 2.39. The van der Waals surface area contributed by atoms with Gasteiger partial charge in [-0.2, -0.15) is 0 Å². The predicted octanol–water partition coefficient (Wildman–Crippen LogP) is 2.48. The molecule has 4 heteroatoms. The standard InChI is InChI=1S/C16H30N2O2/c1-4-15(2)7-10-18(11-8-15)12-9-16(3,14(19)20)17-13-5-6-13/h13,17H,4-12H2,1-3H3,(H,19,20). The zero-order chi connectivity index (χ0) is 14.8. The third-order valence-corrected chi connectivity index (χ3v) is 5.42. The Labute approximate surface area is 122 Å². The van der Waals surface area contributed by atoms with Crippen LogP contribution in [0.5, 0.6) is 0 Å². The predicted molar refractivity (Wildman–Crippen MR) is 80.9 cm³/mol. The van der Waals surface area contributed by atoms with Crippen molar-refractivity contribution in [1.82, 2.24) is 10.2 Å². The Morgan fingerprint density at radius 3 is 2.45 bits per heavy atom. The lowest BCUT2D eigenvalue weighted by atomic mass is 9.78. The molecule has 0 radical (unpaired) electrons. The van der Waals surface area contributed by atoms with Gasteiger partial charge >= 0.3 is 5.97 Å². The van der Waals surface area contributed by atoms with E-state index in [1.165, 1.54) is 19.3 Å². The summed E-state index contributed by atoms with van der Waals surface area (Å²) in [5.41, 5.74) is -0.258. The van der Waals surface area contributed by atoms with Gasteiger partial charge < -0.3 is 10.0 Å². The van der Waals surface area contributed by atoms with Crippen molar-refractivity contribution in [2.75, 3.05) is 19.6 Å². The van der Waals surface area contributed by atoms with Crippen LogP contribution in [0.15, 0.2) is 0 Å². The first-order chi connectivity index (χ1) is 9.37. The minimum Gasteiger partial charge on any atom is -0.480 e. The van der Waals surface area contributed by atoms with Crippen LogP contribution in [-0.2, 0) is 4.79 Å². The third kappa shape index (κ3) is 3.95. The van der Waals surface area contributed by atoms with Crippen LogP contribution in [-0.4, -0.2) is 47.2 Å². The maximum Gasteiger partial charge on any atom is 0.323 e. The molecular formula is C16H30N2O2. The first-order valence-corrected chi connectivity index (χ1v) is 8.10. The molecule has 2 fully saturated rings. The maximum atomic E-state index is 11.5. The molecule has 0 aromatic heterocycles. The SMILES string of the molecule is CCC1(C)CCN(CCC(C)(NC2CC2)C(=O)O)CC1. The van der Waals surface area contributed by atoms with Crippen molar-refractivity contribution in [2.45, 2.75) is 70.9 Å². The summed E-state index contributed by atoms with van der Waals surface area (Å²) in [6.45, 7) is 9.61. The molecule has 0 spiro atoms. The minimum atomic E-state index is -0.757. The van der Waals surface area contributed by atoms with Crippen LogP contribution >= 0.6 is 0 Å². The van der Waals surface area contributed by atoms with Gasteiger partial charge in [0.2, 0.25) is 0 Å². The second-order valence-corrected chi connectivity index (χ2v) is 7.31. The molecule has 1 aliphatic carbocycles. The van der Waals surface area contributed by atoms with Crippen LogP contribution in [0, 0.1) is 5.41 Å². The largest absolute Gasteiger partial charge is 0.480 e. The highest BCUT2D eigenvalue weighted by atomic mass is 16.4. The van der Waals surface area contributed by atoms with Crippen LogP contribution in [0.3, 0.4) is 0 Å². The molecule has 0 aromatic carbocycles. The summed E-state index contributed by atoms with van der Waals surface area (Å²) in [5, 5.41) is 12.8. The fourth-order valence-corrected chi connectivity index (χ4v) is 2.97. The van der Waals surface area contributed by atoms with E-state index in [2.05, 4.69) is 24.1 Å². The fraction of sp³-hybridized carbons (Fsp3) is 0.938. The van der Waals surface area contributed by atoms with Gasteiger partial charge in [-0.15, -0.1) is 0 Å². The molecule has 2 N–H and O–H groups in total. The lowest BCUT2D eigenvalue weighted by Crippen LogP contribution is -2.53. The highest BCUT2D eigenvalue weighted by Crippen LogP contribution is 2.34. The van der Waals surface area contributed by atoms with Gasteiger partial charge in [-0.25, -0.2) is 0 Å². The number of carbonyl (C=O) groups is 1. The Kier molecular flexibility index (Phi) is 4.75. The van der Waals surface area contributed by atoms with E-state index in [4.69, 9.17) is 0 Å². The van der Waals surface area contributed by atoms with Gasteiger partial charge in [-0.1, -0.05) is 20.3 Å². The van der Waals surface area contributed by atoms with E-state index in [1.54, 1.807) is 0 Å². The summed E-state index contributed by atoms with van der Waals surface area (Å²) in [6.07, 6.45) is 6.67. The number of aliphatic carboxylic acids is 1. The van der Waals surface area contributed by atoms with Crippen molar-refractivity contribution in [3.63, 3.8) is 0 Å². The topological polar surface area (TPSA) is 52.6 Å². The number of nitrogens with one attached hydrogen (secondary N) is 1. The van der Waals surface area contributed by atoms with Gasteiger partial charge in [0.05, 0.1) is 0 Å². The van der Waals surface area contributed by atoms with Gasteiger partial charge in [-0.05, 0) is 57.5 Å². The van der Waals surface area contributed by atoms with E-state index in [9.17, 15) is 9.90 Å². The Hall–Kier alpha value is -0.610. The first-order valence-electron chi connectivity index (χ1n) is 8.10. The molecule has 20 heavy (non-hydrogen) atoms. The van der Waals surface area contributed by atoms with Crippen molar-refractivity contribution in [1.29, 1.82) is 0 Å². The Morgan fingerprint density at radius 2 is 2.00 bits per heavy atom. The fourth-order valence-electron chi connectivity index (χ4n) is 2.97. The van der Waals surface area contributed by atoms with Gasteiger partial charge in [-0.3, -0.25) is 10.1 Å². The van der Waals surface area contributed by atoms with Crippen molar-refractivity contribution < 1.29 is 9.90 Å². The molecule has 1 heterocycles. The van der Waals surface area contributed by atoms with Crippen molar-refractivity contribution in [3.05, 3.63) is 0 Å². The van der Waals surface area contributed by atoms with E-state index in [0.717, 1.165) is 32.5 Å². The van der Waals surface area contributed by atoms with Crippen LogP contribution in [0.25, 0.3) is 0 Å². The van der Waals surface area contributed by atoms with E-state index >= 15 is 0 Å². The monoisotopic (exact) mass is 282 g/mol. The Morgan fingerprint density at radius 1 is 1.40 bits per heavy atom. The molecule has 2 rings (SSSR count). The summed E-state index contributed by atoms with van der Waals surface area (Å²) in [6, 6.07) is 0.431. The smallest absolute Gasteiger partial charge is 0.323 e. The van der Waals surface area contributed by atoms with Gasteiger partial charge in [0.1, 0.15) is 5.54 Å². The number of piperidine rings is 1. The van der Waals surface area contributed by atoms with Crippen LogP contribution in [0.1, 0.15) is 59.3 Å². The average Bonchev–Trinajstić information content (AvgIpc) is 3.22. The van der Waals surface area contributed by atoms with E-state index in [0.29, 0.717) is 17.9 Å². The summed E-state index contributed by atoms with van der Waals surface area (Å²) >= 11 is 0. The summed E-state index contributed by atoms with van der Waals surface area (Å²) in [7, 11) is 0. The molecule has 1 aliphatic heterocycles. The van der Waals surface area contributed by atoms with Crippen LogP contribution < -0.4 is 5.32 Å². The number of carboxylic acid groups (broad SMARTS) is 1. The van der Waals surface area contributed by atoms with Crippen molar-refractivity contribution in [2.24, 2.45) is 5.41 Å². The van der Waals surface area contributed by atoms with Crippen molar-refractivity contribution >= 4 is 5.97 Å². The lowest BCUT2D eigenvalue weighted by Gasteiger charge is -2.40. The number of hydrogen-bond donors (Lipinski definition) is 2. The summed E-state index contributed by atoms with van der Waals surface area (Å²) in [4.78, 5) is 14.0. The third-order valence-electron chi connectivity index (χ3n) is 5.42. The zero-order valence-corrected chi connectivity index (χ0v) is 13.2. The highest BCUT2D eigenvalue weighted by molar-refractivity contribution is 5.78. The minimum absolute atomic E-state index is 0.431. The zero-order valence-electron chi connectivity index (χ0n) is 13.2. The summed E-state index contributed by atoms with van der Waals surface area (Å²) < 4.78 is 0. The molecule has 1 saturated carbocycles. The van der Waals surface area contributed by atoms with Gasteiger partial charge in [0.15, 0.2) is 0 Å². The normalized spacial score (nSPS) is 26.1. The molecule has 2 aliphatic rings. The van der Waals surface area contributed by atoms with Crippen molar-refractivity contribution in [3.8, 4) is 0 Å². The Bertz CT molecular complexity index is 346. The van der Waals surface area contributed by atoms with Crippen LogP contribution in [0.2, 0.25) is 0 Å². The first kappa shape index (κ1) is 15.8. The molecule has 1 unspecified atom stereocenters. The number of carboxylic acids is 1. The summed E-state index contributed by atoms with van der Waals surface area (Å²) in [5.74, 6) is -0.709. The Balaban J connectivity index is 1.80. The van der Waals surface area contributed by atoms with Gasteiger partial charge in [0.25, 0.3) is 0 Å². The van der Waals surface area contributed by atoms with Crippen LogP contribution in [0.4, 0.5) is 0 Å². The van der Waals surface area contributed by atoms with E-state index in [-0.39, 0.29) is 0 Å². The second kappa shape index (κ2) is 6.02. The molecule has 116 valence electrons. The lowest BCUT2D eigenvalue weighted by molar-refractivity contribution is -0.144. The number of nitrogens with zero attached hydrogens (tertiary/aromatic N) is 1. The number of rotatable bonds is 7. The van der Waals surface area contributed by atoms with Gasteiger partial charge in [0, 0.05) is 12.6 Å². The number of hydrogen-bond acceptors (Lipinski definition) is 3. The number of likely N-dealkylation sites (tertiary alicyclic amines) is 1. The quantitative estimate of drug-likeness (QED) is 0.753. The molecular weight excluding hydrogens is 252 g/mol. The maximum absolute atomic E-state index is 11.5. The second-order valence-electron chi connectivity index (χ2n) is 7.31. The molecule has 1 saturated heterocycles. The molecule has 0 bridgehead atoms. The molecule has 0 aromatic rings. The molecule has 0 amide bonds. The van der Waals surface area contributed by atoms with E-state index < -0.39 is 11.5 Å². The molecule has 1 atom stereocenters. The molecule has 4 nitrogen and oxygen atoms in total. The van der Waals surface area contributed by atoms with E-state index in [1.807, 2.05) is 6.92 Å².